The Morgan fingerprint density at radius 3 is 2.64 bits per heavy atom. The summed E-state index contributed by atoms with van der Waals surface area (Å²) in [5, 5.41) is 3.03. The maximum atomic E-state index is 12.8. The van der Waals surface area contributed by atoms with E-state index >= 15 is 0 Å². The van der Waals surface area contributed by atoms with Crippen molar-refractivity contribution in [3.8, 4) is 5.75 Å². The van der Waals surface area contributed by atoms with Gasteiger partial charge in [-0.25, -0.2) is 4.98 Å². The maximum absolute atomic E-state index is 12.8. The smallest absolute Gasteiger partial charge is 0.226 e. The van der Waals surface area contributed by atoms with Gasteiger partial charge in [-0.3, -0.25) is 4.79 Å². The van der Waals surface area contributed by atoms with E-state index in [2.05, 4.69) is 15.3 Å². The van der Waals surface area contributed by atoms with Crippen LogP contribution in [0.5, 0.6) is 5.75 Å². The van der Waals surface area contributed by atoms with E-state index in [1.165, 1.54) is 12.8 Å². The van der Waals surface area contributed by atoms with Gasteiger partial charge in [0, 0.05) is 17.3 Å². The SMILES string of the molecule is O=C(C1CCCC1)N(Cc1csc(COc2ccccc2)n1)C1CC1. The molecule has 0 N–H and O–H groups in total. The van der Waals surface area contributed by atoms with Crippen molar-refractivity contribution in [3.05, 3.63) is 46.4 Å². The van der Waals surface area contributed by atoms with Gasteiger partial charge in [-0.05, 0) is 37.8 Å². The molecule has 2 saturated carbocycles. The van der Waals surface area contributed by atoms with E-state index in [1.807, 2.05) is 30.3 Å². The van der Waals surface area contributed by atoms with Crippen LogP contribution in [0.25, 0.3) is 0 Å². The molecule has 1 aromatic heterocycles. The van der Waals surface area contributed by atoms with Crippen molar-refractivity contribution in [1.29, 1.82) is 0 Å². The number of hydrogen-bond donors (Lipinski definition) is 0. The summed E-state index contributed by atoms with van der Waals surface area (Å²) in [6.07, 6.45) is 6.82. The summed E-state index contributed by atoms with van der Waals surface area (Å²) >= 11 is 1.61. The van der Waals surface area contributed by atoms with Crippen molar-refractivity contribution >= 4 is 17.2 Å². The molecule has 4 nitrogen and oxygen atoms in total. The quantitative estimate of drug-likeness (QED) is 0.738. The Balaban J connectivity index is 1.36. The van der Waals surface area contributed by atoms with E-state index in [9.17, 15) is 4.79 Å². The highest BCUT2D eigenvalue weighted by Crippen LogP contribution is 2.34. The molecule has 2 aromatic rings. The molecular weight excluding hydrogens is 332 g/mol. The first-order valence-electron chi connectivity index (χ1n) is 9.21. The molecule has 0 spiro atoms. The number of carbonyl (C=O) groups is 1. The average molecular weight is 356 g/mol. The van der Waals surface area contributed by atoms with Crippen molar-refractivity contribution in [2.75, 3.05) is 0 Å². The van der Waals surface area contributed by atoms with Gasteiger partial charge in [0.2, 0.25) is 5.91 Å². The van der Waals surface area contributed by atoms with Gasteiger partial charge in [0.1, 0.15) is 17.4 Å². The largest absolute Gasteiger partial charge is 0.486 e. The predicted octanol–water partition coefficient (Wildman–Crippen LogP) is 4.40. The van der Waals surface area contributed by atoms with Gasteiger partial charge in [-0.15, -0.1) is 11.3 Å². The molecule has 0 aliphatic heterocycles. The van der Waals surface area contributed by atoms with Gasteiger partial charge in [-0.1, -0.05) is 31.0 Å². The first-order valence-corrected chi connectivity index (χ1v) is 10.1. The summed E-state index contributed by atoms with van der Waals surface area (Å²) < 4.78 is 5.77. The van der Waals surface area contributed by atoms with Crippen molar-refractivity contribution in [2.45, 2.75) is 57.7 Å². The molecule has 2 fully saturated rings. The molecule has 25 heavy (non-hydrogen) atoms. The summed E-state index contributed by atoms with van der Waals surface area (Å²) in [6.45, 7) is 1.14. The minimum atomic E-state index is 0.250. The van der Waals surface area contributed by atoms with Gasteiger partial charge in [0.05, 0.1) is 12.2 Å². The number of benzene rings is 1. The van der Waals surface area contributed by atoms with Crippen LogP contribution in [0.1, 0.15) is 49.2 Å². The normalized spacial score (nSPS) is 17.6. The van der Waals surface area contributed by atoms with Gasteiger partial charge in [0.15, 0.2) is 0 Å². The number of aromatic nitrogens is 1. The van der Waals surface area contributed by atoms with Gasteiger partial charge >= 0.3 is 0 Å². The fourth-order valence-corrected chi connectivity index (χ4v) is 4.20. The topological polar surface area (TPSA) is 42.4 Å². The summed E-state index contributed by atoms with van der Waals surface area (Å²) in [7, 11) is 0. The van der Waals surface area contributed by atoms with Gasteiger partial charge in [-0.2, -0.15) is 0 Å². The Bertz CT molecular complexity index is 705. The standard InChI is InChI=1S/C20H24N2O2S/c23-20(15-6-4-5-7-15)22(17-10-11-17)12-16-14-25-19(21-16)13-24-18-8-2-1-3-9-18/h1-3,8-9,14-15,17H,4-7,10-13H2. The number of amides is 1. The van der Waals surface area contributed by atoms with Crippen LogP contribution in [0.15, 0.2) is 35.7 Å². The molecule has 0 radical (unpaired) electrons. The number of thiazole rings is 1. The fourth-order valence-electron chi connectivity index (χ4n) is 3.50. The molecule has 1 aromatic carbocycles. The summed E-state index contributed by atoms with van der Waals surface area (Å²) in [5.41, 5.74) is 0.995. The van der Waals surface area contributed by atoms with Crippen LogP contribution >= 0.6 is 11.3 Å². The van der Waals surface area contributed by atoms with Crippen LogP contribution in [0, 0.1) is 5.92 Å². The minimum absolute atomic E-state index is 0.250. The van der Waals surface area contributed by atoms with E-state index in [4.69, 9.17) is 4.74 Å². The van der Waals surface area contributed by atoms with Gasteiger partial charge in [0.25, 0.3) is 0 Å². The first kappa shape index (κ1) is 16.6. The Morgan fingerprint density at radius 1 is 1.16 bits per heavy atom. The predicted molar refractivity (Wildman–Crippen MR) is 98.4 cm³/mol. The molecule has 1 amide bonds. The van der Waals surface area contributed by atoms with Crippen LogP contribution in [-0.4, -0.2) is 21.8 Å². The Labute approximate surface area is 152 Å². The van der Waals surface area contributed by atoms with Crippen molar-refractivity contribution in [2.24, 2.45) is 5.92 Å². The minimum Gasteiger partial charge on any atom is -0.486 e. The van der Waals surface area contributed by atoms with Crippen molar-refractivity contribution < 1.29 is 9.53 Å². The van der Waals surface area contributed by atoms with Crippen LogP contribution in [0.2, 0.25) is 0 Å². The third kappa shape index (κ3) is 4.21. The lowest BCUT2D eigenvalue weighted by atomic mass is 10.1. The number of hydrogen-bond acceptors (Lipinski definition) is 4. The highest BCUT2D eigenvalue weighted by atomic mass is 32.1. The fraction of sp³-hybridized carbons (Fsp3) is 0.500. The second-order valence-electron chi connectivity index (χ2n) is 7.01. The maximum Gasteiger partial charge on any atom is 0.226 e. The summed E-state index contributed by atoms with van der Waals surface area (Å²) in [5.74, 6) is 1.46. The molecule has 0 saturated heterocycles. The zero-order valence-corrected chi connectivity index (χ0v) is 15.2. The van der Waals surface area contributed by atoms with Gasteiger partial charge < -0.3 is 9.64 Å². The number of nitrogens with zero attached hydrogens (tertiary/aromatic N) is 2. The third-order valence-electron chi connectivity index (χ3n) is 5.01. The first-order chi connectivity index (χ1) is 12.3. The highest BCUT2D eigenvalue weighted by Gasteiger charge is 2.36. The van der Waals surface area contributed by atoms with Crippen LogP contribution in [0.4, 0.5) is 0 Å². The molecule has 5 heteroatoms. The molecule has 0 bridgehead atoms. The monoisotopic (exact) mass is 356 g/mol. The van der Waals surface area contributed by atoms with Crippen LogP contribution in [0.3, 0.4) is 0 Å². The van der Waals surface area contributed by atoms with E-state index < -0.39 is 0 Å². The zero-order chi connectivity index (χ0) is 17.1. The molecule has 2 aliphatic rings. The zero-order valence-electron chi connectivity index (χ0n) is 14.4. The second-order valence-corrected chi connectivity index (χ2v) is 7.96. The third-order valence-corrected chi connectivity index (χ3v) is 5.88. The summed E-state index contributed by atoms with van der Waals surface area (Å²) in [6, 6.07) is 10.2. The average Bonchev–Trinajstić information content (AvgIpc) is 3.15. The highest BCUT2D eigenvalue weighted by molar-refractivity contribution is 7.09. The van der Waals surface area contributed by atoms with E-state index in [1.54, 1.807) is 11.3 Å². The summed E-state index contributed by atoms with van der Waals surface area (Å²) in [4.78, 5) is 19.6. The number of rotatable bonds is 7. The Hall–Kier alpha value is -1.88. The van der Waals surface area contributed by atoms with Crippen molar-refractivity contribution in [3.63, 3.8) is 0 Å². The lowest BCUT2D eigenvalue weighted by Gasteiger charge is -2.24. The number of carbonyl (C=O) groups excluding carboxylic acids is 1. The molecular formula is C20H24N2O2S. The van der Waals surface area contributed by atoms with Crippen LogP contribution in [-0.2, 0) is 17.9 Å². The molecule has 0 unspecified atom stereocenters. The molecule has 1 heterocycles. The Morgan fingerprint density at radius 2 is 1.92 bits per heavy atom. The Kier molecular flexibility index (Phi) is 5.02. The van der Waals surface area contributed by atoms with E-state index in [0.717, 1.165) is 42.1 Å². The number of para-hydroxylation sites is 1. The molecule has 2 aliphatic carbocycles. The van der Waals surface area contributed by atoms with E-state index in [-0.39, 0.29) is 5.92 Å². The van der Waals surface area contributed by atoms with Crippen LogP contribution < -0.4 is 4.74 Å². The lowest BCUT2D eigenvalue weighted by molar-refractivity contribution is -0.136. The molecule has 132 valence electrons. The second kappa shape index (κ2) is 7.56. The lowest BCUT2D eigenvalue weighted by Crippen LogP contribution is -2.36. The van der Waals surface area contributed by atoms with E-state index in [0.29, 0.717) is 25.1 Å². The van der Waals surface area contributed by atoms with Crippen molar-refractivity contribution in [1.82, 2.24) is 9.88 Å². The number of ether oxygens (including phenoxy) is 1. The molecule has 4 rings (SSSR count). The molecule has 0 atom stereocenters.